The molecule has 1 saturated heterocycles. The van der Waals surface area contributed by atoms with E-state index in [1.807, 2.05) is 28.8 Å². The van der Waals surface area contributed by atoms with Crippen molar-refractivity contribution in [1.29, 1.82) is 0 Å². The minimum absolute atomic E-state index is 0.0459. The molecule has 17 heavy (non-hydrogen) atoms. The van der Waals surface area contributed by atoms with E-state index in [0.717, 1.165) is 36.8 Å². The molecule has 0 radical (unpaired) electrons. The largest absolute Gasteiger partial charge is 0.373 e. The number of nitrogens with one attached hydrogen (secondary N) is 1. The number of carbonyl (C=O) groups excluding carboxylic acids is 1. The molecule has 1 aromatic rings. The molecule has 92 valence electrons. The zero-order chi connectivity index (χ0) is 12.1. The molecule has 0 saturated carbocycles. The van der Waals surface area contributed by atoms with Crippen LogP contribution in [0.3, 0.4) is 0 Å². The van der Waals surface area contributed by atoms with Gasteiger partial charge in [0.05, 0.1) is 0 Å². The van der Waals surface area contributed by atoms with Gasteiger partial charge < -0.3 is 10.2 Å². The van der Waals surface area contributed by atoms with E-state index in [9.17, 15) is 4.79 Å². The number of pyridine rings is 1. The van der Waals surface area contributed by atoms with Gasteiger partial charge in [-0.1, -0.05) is 6.07 Å². The molecule has 1 aliphatic rings. The van der Waals surface area contributed by atoms with Crippen molar-refractivity contribution in [3.63, 3.8) is 0 Å². The minimum Gasteiger partial charge on any atom is -0.373 e. The van der Waals surface area contributed by atoms with Crippen LogP contribution in [-0.4, -0.2) is 47.4 Å². The lowest BCUT2D eigenvalue weighted by atomic mass is 10.3. The molecule has 0 unspecified atom stereocenters. The SMILES string of the molecule is CNc1cccc(C(=O)N2CCCSCC2)n1. The summed E-state index contributed by atoms with van der Waals surface area (Å²) in [6, 6.07) is 5.49. The summed E-state index contributed by atoms with van der Waals surface area (Å²) in [6.07, 6.45) is 1.07. The van der Waals surface area contributed by atoms with Gasteiger partial charge in [0, 0.05) is 25.9 Å². The Morgan fingerprint density at radius 3 is 3.12 bits per heavy atom. The molecule has 0 bridgehead atoms. The van der Waals surface area contributed by atoms with Crippen LogP contribution in [-0.2, 0) is 0 Å². The Morgan fingerprint density at radius 2 is 2.29 bits per heavy atom. The molecule has 2 heterocycles. The van der Waals surface area contributed by atoms with Crippen LogP contribution in [0.15, 0.2) is 18.2 Å². The van der Waals surface area contributed by atoms with E-state index in [1.54, 1.807) is 13.1 Å². The highest BCUT2D eigenvalue weighted by atomic mass is 32.2. The minimum atomic E-state index is 0.0459. The highest BCUT2D eigenvalue weighted by molar-refractivity contribution is 7.99. The first-order chi connectivity index (χ1) is 8.31. The maximum Gasteiger partial charge on any atom is 0.272 e. The standard InChI is InChI=1S/C12H17N3OS/c1-13-11-5-2-4-10(14-11)12(16)15-6-3-8-17-9-7-15/h2,4-5H,3,6-9H2,1H3,(H,13,14). The molecule has 1 aliphatic heterocycles. The quantitative estimate of drug-likeness (QED) is 0.869. The summed E-state index contributed by atoms with van der Waals surface area (Å²) in [5.41, 5.74) is 0.531. The summed E-state index contributed by atoms with van der Waals surface area (Å²) in [7, 11) is 1.80. The van der Waals surface area contributed by atoms with Crippen molar-refractivity contribution in [3.05, 3.63) is 23.9 Å². The Kier molecular flexibility index (Phi) is 4.25. The molecule has 0 atom stereocenters. The molecule has 1 aromatic heterocycles. The summed E-state index contributed by atoms with van der Waals surface area (Å²) >= 11 is 1.91. The van der Waals surface area contributed by atoms with E-state index in [2.05, 4.69) is 10.3 Å². The number of hydrogen-bond acceptors (Lipinski definition) is 4. The fourth-order valence-electron chi connectivity index (χ4n) is 1.80. The van der Waals surface area contributed by atoms with E-state index >= 15 is 0 Å². The molecule has 1 N–H and O–H groups in total. The van der Waals surface area contributed by atoms with Gasteiger partial charge in [0.2, 0.25) is 0 Å². The van der Waals surface area contributed by atoms with Crippen molar-refractivity contribution in [1.82, 2.24) is 9.88 Å². The number of hydrogen-bond donors (Lipinski definition) is 1. The smallest absolute Gasteiger partial charge is 0.272 e. The van der Waals surface area contributed by atoms with Crippen LogP contribution < -0.4 is 5.32 Å². The molecule has 0 aromatic carbocycles. The van der Waals surface area contributed by atoms with Crippen molar-refractivity contribution in [3.8, 4) is 0 Å². The zero-order valence-corrected chi connectivity index (χ0v) is 10.8. The second kappa shape index (κ2) is 5.91. The lowest BCUT2D eigenvalue weighted by Gasteiger charge is -2.19. The monoisotopic (exact) mass is 251 g/mol. The fourth-order valence-corrected chi connectivity index (χ4v) is 2.69. The van der Waals surface area contributed by atoms with Gasteiger partial charge in [-0.2, -0.15) is 11.8 Å². The van der Waals surface area contributed by atoms with E-state index in [-0.39, 0.29) is 5.91 Å². The highest BCUT2D eigenvalue weighted by Crippen LogP contribution is 2.13. The fraction of sp³-hybridized carbons (Fsp3) is 0.500. The van der Waals surface area contributed by atoms with Gasteiger partial charge in [-0.25, -0.2) is 4.98 Å². The predicted molar refractivity (Wildman–Crippen MR) is 71.6 cm³/mol. The van der Waals surface area contributed by atoms with Crippen molar-refractivity contribution in [2.45, 2.75) is 6.42 Å². The molecule has 5 heteroatoms. The van der Waals surface area contributed by atoms with E-state index in [4.69, 9.17) is 0 Å². The Morgan fingerprint density at radius 1 is 1.41 bits per heavy atom. The maximum atomic E-state index is 12.2. The van der Waals surface area contributed by atoms with Gasteiger partial charge in [-0.3, -0.25) is 4.79 Å². The third-order valence-corrected chi connectivity index (χ3v) is 3.78. The zero-order valence-electron chi connectivity index (χ0n) is 9.98. The van der Waals surface area contributed by atoms with Crippen LogP contribution in [0, 0.1) is 0 Å². The normalized spacial score (nSPS) is 16.4. The Balaban J connectivity index is 2.11. The predicted octanol–water partition coefficient (Wildman–Crippen LogP) is 1.70. The number of carbonyl (C=O) groups is 1. The highest BCUT2D eigenvalue weighted by Gasteiger charge is 2.18. The first-order valence-electron chi connectivity index (χ1n) is 5.83. The number of aromatic nitrogens is 1. The summed E-state index contributed by atoms with van der Waals surface area (Å²) in [5.74, 6) is 2.95. The number of amides is 1. The number of nitrogens with zero attached hydrogens (tertiary/aromatic N) is 2. The lowest BCUT2D eigenvalue weighted by Crippen LogP contribution is -2.33. The molecule has 4 nitrogen and oxygen atoms in total. The van der Waals surface area contributed by atoms with Crippen LogP contribution in [0.2, 0.25) is 0 Å². The van der Waals surface area contributed by atoms with Crippen LogP contribution in [0.4, 0.5) is 5.82 Å². The van der Waals surface area contributed by atoms with E-state index in [1.165, 1.54) is 0 Å². The molecular formula is C12H17N3OS. The van der Waals surface area contributed by atoms with Crippen LogP contribution in [0.25, 0.3) is 0 Å². The van der Waals surface area contributed by atoms with Gasteiger partial charge in [-0.15, -0.1) is 0 Å². The second-order valence-electron chi connectivity index (χ2n) is 3.92. The van der Waals surface area contributed by atoms with E-state index in [0.29, 0.717) is 5.69 Å². The number of rotatable bonds is 2. The summed E-state index contributed by atoms with van der Waals surface area (Å²) in [4.78, 5) is 18.4. The van der Waals surface area contributed by atoms with Crippen molar-refractivity contribution >= 4 is 23.5 Å². The van der Waals surface area contributed by atoms with E-state index < -0.39 is 0 Å². The molecule has 1 amide bonds. The van der Waals surface area contributed by atoms with Gasteiger partial charge in [0.25, 0.3) is 5.91 Å². The number of thioether (sulfide) groups is 1. The first kappa shape index (κ1) is 12.2. The summed E-state index contributed by atoms with van der Waals surface area (Å²) in [6.45, 7) is 1.67. The van der Waals surface area contributed by atoms with Gasteiger partial charge >= 0.3 is 0 Å². The van der Waals surface area contributed by atoms with Crippen LogP contribution in [0.5, 0.6) is 0 Å². The number of anilines is 1. The van der Waals surface area contributed by atoms with Gasteiger partial charge in [0.15, 0.2) is 0 Å². The molecule has 1 fully saturated rings. The Bertz CT molecular complexity index is 389. The molecule has 2 rings (SSSR count). The Labute approximate surface area is 106 Å². The summed E-state index contributed by atoms with van der Waals surface area (Å²) < 4.78 is 0. The summed E-state index contributed by atoms with van der Waals surface area (Å²) in [5, 5.41) is 2.95. The molecular weight excluding hydrogens is 234 g/mol. The third-order valence-electron chi connectivity index (χ3n) is 2.73. The second-order valence-corrected chi connectivity index (χ2v) is 5.14. The lowest BCUT2D eigenvalue weighted by molar-refractivity contribution is 0.0763. The van der Waals surface area contributed by atoms with Crippen LogP contribution >= 0.6 is 11.8 Å². The average molecular weight is 251 g/mol. The third kappa shape index (κ3) is 3.12. The van der Waals surface area contributed by atoms with Crippen molar-refractivity contribution in [2.24, 2.45) is 0 Å². The average Bonchev–Trinajstić information content (AvgIpc) is 2.67. The molecule has 0 spiro atoms. The van der Waals surface area contributed by atoms with Crippen LogP contribution in [0.1, 0.15) is 16.9 Å². The van der Waals surface area contributed by atoms with Crippen molar-refractivity contribution < 1.29 is 4.79 Å². The maximum absolute atomic E-state index is 12.2. The topological polar surface area (TPSA) is 45.2 Å². The Hall–Kier alpha value is -1.23. The first-order valence-corrected chi connectivity index (χ1v) is 6.98. The van der Waals surface area contributed by atoms with Gasteiger partial charge in [-0.05, 0) is 24.3 Å². The molecule has 0 aliphatic carbocycles. The van der Waals surface area contributed by atoms with Crippen molar-refractivity contribution in [2.75, 3.05) is 37.0 Å². The van der Waals surface area contributed by atoms with Gasteiger partial charge in [0.1, 0.15) is 11.5 Å².